The second kappa shape index (κ2) is 8.49. The van der Waals surface area contributed by atoms with Crippen LogP contribution in [0.15, 0.2) is 70.9 Å². The first-order valence-electron chi connectivity index (χ1n) is 9.29. The number of oxime groups is 1. The quantitative estimate of drug-likeness (QED) is 0.202. The highest BCUT2D eigenvalue weighted by Crippen LogP contribution is 2.27. The van der Waals surface area contributed by atoms with Gasteiger partial charge in [0.2, 0.25) is 5.82 Å². The number of ether oxygens (including phenoxy) is 1. The minimum absolute atomic E-state index is 0.148. The molecular formula is C21H19N7O3. The molecule has 156 valence electrons. The van der Waals surface area contributed by atoms with Crippen molar-refractivity contribution < 1.29 is 14.5 Å². The highest BCUT2D eigenvalue weighted by atomic mass is 16.5. The summed E-state index contributed by atoms with van der Waals surface area (Å²) in [6, 6.07) is 14.5. The van der Waals surface area contributed by atoms with E-state index < -0.39 is 0 Å². The first kappa shape index (κ1) is 19.8. The van der Waals surface area contributed by atoms with Crippen LogP contribution in [0.5, 0.6) is 5.75 Å². The van der Waals surface area contributed by atoms with E-state index in [4.69, 9.17) is 20.2 Å². The Labute approximate surface area is 177 Å². The van der Waals surface area contributed by atoms with E-state index in [9.17, 15) is 0 Å². The molecule has 0 atom stereocenters. The van der Waals surface area contributed by atoms with Gasteiger partial charge in [-0.25, -0.2) is 0 Å². The number of anilines is 1. The van der Waals surface area contributed by atoms with Crippen molar-refractivity contribution in [1.29, 1.82) is 0 Å². The van der Waals surface area contributed by atoms with E-state index in [0.29, 0.717) is 29.6 Å². The minimum Gasteiger partial charge on any atom is -0.490 e. The van der Waals surface area contributed by atoms with Crippen molar-refractivity contribution in [3.05, 3.63) is 66.7 Å². The number of rotatable bonds is 7. The lowest BCUT2D eigenvalue weighted by atomic mass is 10.1. The molecule has 2 heterocycles. The monoisotopic (exact) mass is 417 g/mol. The van der Waals surface area contributed by atoms with Crippen LogP contribution in [-0.4, -0.2) is 42.7 Å². The van der Waals surface area contributed by atoms with E-state index in [2.05, 4.69) is 32.2 Å². The predicted molar refractivity (Wildman–Crippen MR) is 114 cm³/mol. The van der Waals surface area contributed by atoms with Gasteiger partial charge in [-0.3, -0.25) is 0 Å². The number of hydrogen-bond acceptors (Lipinski definition) is 9. The molecule has 10 nitrogen and oxygen atoms in total. The maximum atomic E-state index is 9.00. The van der Waals surface area contributed by atoms with Crippen LogP contribution in [-0.2, 0) is 0 Å². The van der Waals surface area contributed by atoms with Crippen LogP contribution >= 0.6 is 0 Å². The Bertz CT molecular complexity index is 1240. The van der Waals surface area contributed by atoms with Crippen molar-refractivity contribution in [1.82, 2.24) is 25.1 Å². The molecule has 4 rings (SSSR count). The Morgan fingerprint density at radius 3 is 2.84 bits per heavy atom. The molecule has 2 aromatic carbocycles. The van der Waals surface area contributed by atoms with Crippen molar-refractivity contribution in [2.24, 2.45) is 5.16 Å². The lowest BCUT2D eigenvalue weighted by molar-refractivity contribution is 0.319. The largest absolute Gasteiger partial charge is 0.490 e. The van der Waals surface area contributed by atoms with Crippen LogP contribution in [0.1, 0.15) is 12.5 Å². The standard InChI is InChI=1S/C21H19N7O3/c1-3-11-30-17-9-7-14(8-10-17)20-23-21(31-26-20)18-19(22)28(27-24-18)16-6-4-5-15(12-16)13(2)25-29/h3-10,12,29H,1,11,22H2,2H3/b25-13+. The molecule has 0 fully saturated rings. The number of nitrogens with zero attached hydrogens (tertiary/aromatic N) is 6. The summed E-state index contributed by atoms with van der Waals surface area (Å²) in [7, 11) is 0. The highest BCUT2D eigenvalue weighted by molar-refractivity contribution is 5.98. The van der Waals surface area contributed by atoms with Crippen molar-refractivity contribution in [2.45, 2.75) is 6.92 Å². The minimum atomic E-state index is 0.148. The van der Waals surface area contributed by atoms with Gasteiger partial charge < -0.3 is 20.2 Å². The fraction of sp³-hybridized carbons (Fsp3) is 0.0952. The fourth-order valence-corrected chi connectivity index (χ4v) is 2.84. The molecule has 10 heteroatoms. The Kier molecular flexibility index (Phi) is 5.43. The first-order chi connectivity index (χ1) is 15.1. The summed E-state index contributed by atoms with van der Waals surface area (Å²) in [5.41, 5.74) is 9.09. The third kappa shape index (κ3) is 3.99. The van der Waals surface area contributed by atoms with E-state index in [1.54, 1.807) is 31.2 Å². The molecule has 0 radical (unpaired) electrons. The number of hydrogen-bond donors (Lipinski definition) is 2. The third-order valence-corrected chi connectivity index (χ3v) is 4.47. The molecule has 0 aliphatic rings. The van der Waals surface area contributed by atoms with Crippen molar-refractivity contribution >= 4 is 11.5 Å². The third-order valence-electron chi connectivity index (χ3n) is 4.47. The molecule has 0 saturated carbocycles. The molecule has 0 aliphatic heterocycles. The van der Waals surface area contributed by atoms with Crippen molar-refractivity contribution in [3.63, 3.8) is 0 Å². The van der Waals surface area contributed by atoms with Crippen LogP contribution in [0.25, 0.3) is 28.7 Å². The number of benzene rings is 2. The number of aromatic nitrogens is 5. The molecule has 0 amide bonds. The van der Waals surface area contributed by atoms with E-state index in [-0.39, 0.29) is 17.4 Å². The zero-order valence-electron chi connectivity index (χ0n) is 16.6. The topological polar surface area (TPSA) is 137 Å². The molecule has 0 spiro atoms. The second-order valence-corrected chi connectivity index (χ2v) is 6.52. The smallest absolute Gasteiger partial charge is 0.282 e. The molecule has 31 heavy (non-hydrogen) atoms. The molecule has 3 N–H and O–H groups in total. The van der Waals surface area contributed by atoms with Crippen LogP contribution < -0.4 is 10.5 Å². The molecule has 0 saturated heterocycles. The summed E-state index contributed by atoms with van der Waals surface area (Å²) < 4.78 is 12.3. The zero-order chi connectivity index (χ0) is 21.8. The van der Waals surface area contributed by atoms with Gasteiger partial charge in [0.05, 0.1) is 11.4 Å². The number of nitrogen functional groups attached to an aromatic ring is 1. The Morgan fingerprint density at radius 2 is 2.10 bits per heavy atom. The van der Waals surface area contributed by atoms with E-state index in [1.807, 2.05) is 30.3 Å². The number of nitrogens with two attached hydrogens (primary N) is 1. The lowest BCUT2D eigenvalue weighted by Crippen LogP contribution is -2.04. The summed E-state index contributed by atoms with van der Waals surface area (Å²) in [6.45, 7) is 5.74. The van der Waals surface area contributed by atoms with Crippen molar-refractivity contribution in [2.75, 3.05) is 12.3 Å². The van der Waals surface area contributed by atoms with E-state index >= 15 is 0 Å². The molecule has 0 unspecified atom stereocenters. The van der Waals surface area contributed by atoms with E-state index in [1.165, 1.54) is 4.68 Å². The first-order valence-corrected chi connectivity index (χ1v) is 9.29. The molecule has 4 aromatic rings. The average molecular weight is 417 g/mol. The van der Waals surface area contributed by atoms with Gasteiger partial charge in [0.25, 0.3) is 5.89 Å². The van der Waals surface area contributed by atoms with Crippen LogP contribution in [0, 0.1) is 0 Å². The normalized spacial score (nSPS) is 11.5. The zero-order valence-corrected chi connectivity index (χ0v) is 16.6. The summed E-state index contributed by atoms with van der Waals surface area (Å²) in [4.78, 5) is 4.39. The SMILES string of the molecule is C=CCOc1ccc(-c2noc(-c3nnn(-c4cccc(/C(C)=N/O)c4)c3N)n2)cc1. The molecule has 0 bridgehead atoms. The van der Waals surface area contributed by atoms with Gasteiger partial charge in [-0.05, 0) is 43.3 Å². The fourth-order valence-electron chi connectivity index (χ4n) is 2.84. The van der Waals surface area contributed by atoms with Gasteiger partial charge in [-0.1, -0.05) is 40.3 Å². The molecule has 0 aliphatic carbocycles. The van der Waals surface area contributed by atoms with Gasteiger partial charge in [-0.2, -0.15) is 9.67 Å². The van der Waals surface area contributed by atoms with Crippen LogP contribution in [0.3, 0.4) is 0 Å². The highest BCUT2D eigenvalue weighted by Gasteiger charge is 2.20. The molecular weight excluding hydrogens is 398 g/mol. The Balaban J connectivity index is 1.61. The Hall–Kier alpha value is -4.47. The van der Waals surface area contributed by atoms with Crippen LogP contribution in [0.2, 0.25) is 0 Å². The Morgan fingerprint density at radius 1 is 1.29 bits per heavy atom. The summed E-state index contributed by atoms with van der Waals surface area (Å²) >= 11 is 0. The summed E-state index contributed by atoms with van der Waals surface area (Å²) in [5, 5.41) is 24.4. The van der Waals surface area contributed by atoms with Crippen molar-refractivity contribution in [3.8, 4) is 34.4 Å². The van der Waals surface area contributed by atoms with Gasteiger partial charge in [0.15, 0.2) is 11.5 Å². The average Bonchev–Trinajstić information content (AvgIpc) is 3.44. The summed E-state index contributed by atoms with van der Waals surface area (Å²) in [6.07, 6.45) is 1.68. The van der Waals surface area contributed by atoms with Gasteiger partial charge in [0.1, 0.15) is 12.4 Å². The second-order valence-electron chi connectivity index (χ2n) is 6.52. The maximum Gasteiger partial charge on any atom is 0.282 e. The van der Waals surface area contributed by atoms with Gasteiger partial charge >= 0.3 is 0 Å². The van der Waals surface area contributed by atoms with Crippen LogP contribution in [0.4, 0.5) is 5.82 Å². The van der Waals surface area contributed by atoms with E-state index in [0.717, 1.165) is 11.1 Å². The predicted octanol–water partition coefficient (Wildman–Crippen LogP) is 3.33. The summed E-state index contributed by atoms with van der Waals surface area (Å²) in [5.74, 6) is 1.48. The molecule has 2 aromatic heterocycles. The lowest BCUT2D eigenvalue weighted by Gasteiger charge is -2.05. The van der Waals surface area contributed by atoms with Gasteiger partial charge in [-0.15, -0.1) is 5.10 Å². The maximum absolute atomic E-state index is 9.00. The van der Waals surface area contributed by atoms with Gasteiger partial charge in [0, 0.05) is 11.1 Å².